The lowest BCUT2D eigenvalue weighted by atomic mass is 10.1. The molecule has 1 heterocycles. The van der Waals surface area contributed by atoms with Gasteiger partial charge in [0.15, 0.2) is 12.4 Å². The van der Waals surface area contributed by atoms with Crippen LogP contribution in [0.4, 0.5) is 5.82 Å². The van der Waals surface area contributed by atoms with Crippen molar-refractivity contribution in [1.29, 1.82) is 0 Å². The van der Waals surface area contributed by atoms with E-state index in [0.29, 0.717) is 24.5 Å². The first kappa shape index (κ1) is 21.5. The zero-order valence-electron chi connectivity index (χ0n) is 15.8. The van der Waals surface area contributed by atoms with E-state index in [9.17, 15) is 14.4 Å². The molecular weight excluding hydrogens is 382 g/mol. The van der Waals surface area contributed by atoms with Crippen LogP contribution in [0.2, 0.25) is 0 Å². The first-order valence-electron chi connectivity index (χ1n) is 8.76. The summed E-state index contributed by atoms with van der Waals surface area (Å²) in [5.74, 6) is -0.346. The van der Waals surface area contributed by atoms with Gasteiger partial charge in [-0.3, -0.25) is 14.4 Å². The number of hydrogen-bond donors (Lipinski definition) is 2. The van der Waals surface area contributed by atoms with Crippen molar-refractivity contribution in [1.82, 2.24) is 10.5 Å². The Morgan fingerprint density at radius 1 is 1.25 bits per heavy atom. The molecule has 9 heteroatoms. The van der Waals surface area contributed by atoms with E-state index in [1.54, 1.807) is 19.9 Å². The van der Waals surface area contributed by atoms with Crippen LogP contribution in [0.25, 0.3) is 0 Å². The van der Waals surface area contributed by atoms with Crippen molar-refractivity contribution in [3.05, 3.63) is 47.7 Å². The monoisotopic (exact) mass is 405 g/mol. The number of anilines is 1. The molecule has 150 valence electrons. The molecule has 0 saturated heterocycles. The molecule has 2 N–H and O–H groups in total. The van der Waals surface area contributed by atoms with Gasteiger partial charge in [0.2, 0.25) is 5.91 Å². The van der Waals surface area contributed by atoms with Crippen LogP contribution in [0.5, 0.6) is 0 Å². The fourth-order valence-corrected chi connectivity index (χ4v) is 2.83. The van der Waals surface area contributed by atoms with Gasteiger partial charge < -0.3 is 19.9 Å². The van der Waals surface area contributed by atoms with E-state index in [2.05, 4.69) is 15.8 Å². The van der Waals surface area contributed by atoms with E-state index in [4.69, 9.17) is 9.26 Å². The molecule has 2 rings (SSSR count). The fourth-order valence-electron chi connectivity index (χ4n) is 2.15. The summed E-state index contributed by atoms with van der Waals surface area (Å²) in [4.78, 5) is 35.5. The number of benzene rings is 1. The number of esters is 1. The standard InChI is InChI=1S/C19H23N3O5S/c1-13-10-16(22-27-13)21-19(25)14(2)28-12-18(24)26-11-17(23)20-9-8-15-6-4-3-5-7-15/h3-7,10,14H,8-9,11-12H2,1-2H3,(H,20,23)(H,21,22,25)/t14-/m0/s1. The summed E-state index contributed by atoms with van der Waals surface area (Å²) in [6.45, 7) is 3.51. The number of nitrogens with zero attached hydrogens (tertiary/aromatic N) is 1. The van der Waals surface area contributed by atoms with Crippen LogP contribution >= 0.6 is 11.8 Å². The number of ether oxygens (including phenoxy) is 1. The van der Waals surface area contributed by atoms with Gasteiger partial charge in [0.1, 0.15) is 5.76 Å². The van der Waals surface area contributed by atoms with Crippen molar-refractivity contribution in [2.24, 2.45) is 0 Å². The molecule has 8 nitrogen and oxygen atoms in total. The van der Waals surface area contributed by atoms with Crippen LogP contribution in [-0.2, 0) is 25.5 Å². The van der Waals surface area contributed by atoms with Crippen LogP contribution in [0.3, 0.4) is 0 Å². The van der Waals surface area contributed by atoms with E-state index in [0.717, 1.165) is 17.3 Å². The van der Waals surface area contributed by atoms with Crippen molar-refractivity contribution in [2.75, 3.05) is 24.2 Å². The molecule has 1 atom stereocenters. The van der Waals surface area contributed by atoms with Crippen LogP contribution in [0.1, 0.15) is 18.2 Å². The Bertz CT molecular complexity index is 794. The highest BCUT2D eigenvalue weighted by Gasteiger charge is 2.17. The zero-order valence-corrected chi connectivity index (χ0v) is 16.6. The summed E-state index contributed by atoms with van der Waals surface area (Å²) in [6, 6.07) is 11.4. The molecule has 0 fully saturated rings. The van der Waals surface area contributed by atoms with E-state index >= 15 is 0 Å². The average Bonchev–Trinajstić information content (AvgIpc) is 3.09. The summed E-state index contributed by atoms with van der Waals surface area (Å²) in [7, 11) is 0. The quantitative estimate of drug-likeness (QED) is 0.581. The van der Waals surface area contributed by atoms with Crippen molar-refractivity contribution >= 4 is 35.4 Å². The van der Waals surface area contributed by atoms with Crippen LogP contribution in [0, 0.1) is 6.92 Å². The third kappa shape index (κ3) is 7.83. The van der Waals surface area contributed by atoms with Gasteiger partial charge in [0.25, 0.3) is 5.91 Å². The molecule has 0 radical (unpaired) electrons. The molecule has 0 aliphatic carbocycles. The van der Waals surface area contributed by atoms with Crippen LogP contribution < -0.4 is 10.6 Å². The second-order valence-electron chi connectivity index (χ2n) is 6.01. The van der Waals surface area contributed by atoms with Crippen molar-refractivity contribution < 1.29 is 23.6 Å². The number of nitrogens with one attached hydrogen (secondary N) is 2. The molecule has 0 unspecified atom stereocenters. The number of carbonyl (C=O) groups excluding carboxylic acids is 3. The Labute approximate surface area is 167 Å². The largest absolute Gasteiger partial charge is 0.455 e. The van der Waals surface area contributed by atoms with Gasteiger partial charge >= 0.3 is 5.97 Å². The van der Waals surface area contributed by atoms with Crippen molar-refractivity contribution in [3.63, 3.8) is 0 Å². The third-order valence-corrected chi connectivity index (χ3v) is 4.76. The lowest BCUT2D eigenvalue weighted by molar-refractivity contribution is -0.145. The Morgan fingerprint density at radius 3 is 2.68 bits per heavy atom. The topological polar surface area (TPSA) is 111 Å². The molecule has 2 amide bonds. The molecule has 0 aliphatic rings. The predicted molar refractivity (Wildman–Crippen MR) is 106 cm³/mol. The average molecular weight is 405 g/mol. The minimum absolute atomic E-state index is 0.0380. The summed E-state index contributed by atoms with van der Waals surface area (Å²) in [5, 5.41) is 8.47. The summed E-state index contributed by atoms with van der Waals surface area (Å²) < 4.78 is 9.79. The highest BCUT2D eigenvalue weighted by atomic mass is 32.2. The third-order valence-electron chi connectivity index (χ3n) is 3.64. The van der Waals surface area contributed by atoms with Crippen LogP contribution in [-0.4, -0.2) is 47.1 Å². The molecular formula is C19H23N3O5S. The maximum atomic E-state index is 12.0. The smallest absolute Gasteiger partial charge is 0.316 e. The predicted octanol–water partition coefficient (Wildman–Crippen LogP) is 1.95. The van der Waals surface area contributed by atoms with Crippen molar-refractivity contribution in [2.45, 2.75) is 25.5 Å². The maximum absolute atomic E-state index is 12.0. The van der Waals surface area contributed by atoms with Gasteiger partial charge in [-0.2, -0.15) is 0 Å². The Balaban J connectivity index is 1.58. The van der Waals surface area contributed by atoms with Crippen molar-refractivity contribution in [3.8, 4) is 0 Å². The van der Waals surface area contributed by atoms with Gasteiger partial charge in [-0.05, 0) is 25.8 Å². The molecule has 28 heavy (non-hydrogen) atoms. The van der Waals surface area contributed by atoms with Gasteiger partial charge in [0.05, 0.1) is 11.0 Å². The van der Waals surface area contributed by atoms with E-state index < -0.39 is 11.2 Å². The highest BCUT2D eigenvalue weighted by Crippen LogP contribution is 2.14. The highest BCUT2D eigenvalue weighted by molar-refractivity contribution is 8.01. The summed E-state index contributed by atoms with van der Waals surface area (Å²) in [6.07, 6.45) is 0.702. The molecule has 2 aromatic rings. The normalized spacial score (nSPS) is 11.5. The molecule has 0 aliphatic heterocycles. The summed E-state index contributed by atoms with van der Waals surface area (Å²) in [5.41, 5.74) is 1.12. The summed E-state index contributed by atoms with van der Waals surface area (Å²) >= 11 is 1.11. The minimum Gasteiger partial charge on any atom is -0.455 e. The number of amides is 2. The Morgan fingerprint density at radius 2 is 2.00 bits per heavy atom. The SMILES string of the molecule is Cc1cc(NC(=O)[C@H](C)SCC(=O)OCC(=O)NCCc2ccccc2)no1. The Hall–Kier alpha value is -2.81. The minimum atomic E-state index is -0.555. The number of aromatic nitrogens is 1. The molecule has 0 spiro atoms. The lowest BCUT2D eigenvalue weighted by Crippen LogP contribution is -2.31. The molecule has 0 saturated carbocycles. The Kier molecular flexibility index (Phi) is 8.54. The van der Waals surface area contributed by atoms with Gasteiger partial charge in [-0.1, -0.05) is 35.5 Å². The lowest BCUT2D eigenvalue weighted by Gasteiger charge is -2.10. The van der Waals surface area contributed by atoms with Gasteiger partial charge in [-0.25, -0.2) is 0 Å². The molecule has 0 bridgehead atoms. The fraction of sp³-hybridized carbons (Fsp3) is 0.368. The first-order valence-corrected chi connectivity index (χ1v) is 9.81. The molecule has 1 aromatic carbocycles. The second-order valence-corrected chi connectivity index (χ2v) is 7.34. The number of thioether (sulfide) groups is 1. The second kappa shape index (κ2) is 11.1. The first-order chi connectivity index (χ1) is 13.4. The number of carbonyl (C=O) groups is 3. The van der Waals surface area contributed by atoms with E-state index in [1.165, 1.54) is 0 Å². The zero-order chi connectivity index (χ0) is 20.4. The maximum Gasteiger partial charge on any atom is 0.316 e. The number of hydrogen-bond acceptors (Lipinski definition) is 7. The van der Waals surface area contributed by atoms with Crippen LogP contribution in [0.15, 0.2) is 40.9 Å². The number of aryl methyl sites for hydroxylation is 1. The van der Waals surface area contributed by atoms with E-state index in [1.807, 2.05) is 30.3 Å². The van der Waals surface area contributed by atoms with Gasteiger partial charge in [0, 0.05) is 12.6 Å². The van der Waals surface area contributed by atoms with Gasteiger partial charge in [-0.15, -0.1) is 11.8 Å². The number of rotatable bonds is 10. The molecule has 1 aromatic heterocycles. The van der Waals surface area contributed by atoms with E-state index in [-0.39, 0.29) is 24.2 Å².